The summed E-state index contributed by atoms with van der Waals surface area (Å²) in [6.45, 7) is 7.06. The van der Waals surface area contributed by atoms with Gasteiger partial charge in [-0.3, -0.25) is 9.78 Å². The Kier molecular flexibility index (Phi) is 7.11. The first kappa shape index (κ1) is 27.7. The fourth-order valence-corrected chi connectivity index (χ4v) is 5.62. The lowest BCUT2D eigenvalue weighted by Gasteiger charge is -2.25. The lowest BCUT2D eigenvalue weighted by Crippen LogP contribution is -2.20. The van der Waals surface area contributed by atoms with E-state index in [1.54, 1.807) is 24.0 Å². The predicted octanol–water partition coefficient (Wildman–Crippen LogP) is 6.59. The van der Waals surface area contributed by atoms with Gasteiger partial charge >= 0.3 is 0 Å². The Morgan fingerprint density at radius 2 is 1.98 bits per heavy atom. The predicted molar refractivity (Wildman–Crippen MR) is 167 cm³/mol. The van der Waals surface area contributed by atoms with E-state index in [1.165, 1.54) is 6.42 Å². The van der Waals surface area contributed by atoms with Gasteiger partial charge in [0.25, 0.3) is 5.56 Å². The van der Waals surface area contributed by atoms with Gasteiger partial charge in [-0.05, 0) is 59.9 Å². The molecule has 1 unspecified atom stereocenters. The molecule has 0 bridgehead atoms. The highest BCUT2D eigenvalue weighted by Gasteiger charge is 2.26. The molecule has 9 nitrogen and oxygen atoms in total. The van der Waals surface area contributed by atoms with Crippen molar-refractivity contribution in [3.8, 4) is 6.07 Å². The molecule has 6 rings (SSSR count). The minimum Gasteiger partial charge on any atom is -0.383 e. The molecular formula is C32H33ClN8O. The highest BCUT2D eigenvalue weighted by molar-refractivity contribution is 6.35. The minimum absolute atomic E-state index is 0.00917. The topological polar surface area (TPSA) is 113 Å². The molecule has 0 spiro atoms. The van der Waals surface area contributed by atoms with Crippen LogP contribution in [0.1, 0.15) is 68.9 Å². The summed E-state index contributed by atoms with van der Waals surface area (Å²) in [7, 11) is 1.75. The molecule has 3 aromatic heterocycles. The molecule has 0 aliphatic heterocycles. The van der Waals surface area contributed by atoms with Crippen LogP contribution in [0.5, 0.6) is 0 Å². The Labute approximate surface area is 249 Å². The van der Waals surface area contributed by atoms with Crippen LogP contribution in [-0.4, -0.2) is 31.1 Å². The molecule has 42 heavy (non-hydrogen) atoms. The van der Waals surface area contributed by atoms with Crippen LogP contribution in [0.4, 0.5) is 11.4 Å². The van der Waals surface area contributed by atoms with Crippen molar-refractivity contribution in [1.82, 2.24) is 24.5 Å². The van der Waals surface area contributed by atoms with E-state index >= 15 is 0 Å². The largest absolute Gasteiger partial charge is 0.383 e. The summed E-state index contributed by atoms with van der Waals surface area (Å²) in [6.07, 6.45) is 8.70. The normalized spacial score (nSPS) is 14.5. The maximum Gasteiger partial charge on any atom is 0.258 e. The zero-order valence-electron chi connectivity index (χ0n) is 24.1. The summed E-state index contributed by atoms with van der Waals surface area (Å²) in [6, 6.07) is 13.7. The monoisotopic (exact) mass is 580 g/mol. The van der Waals surface area contributed by atoms with Gasteiger partial charge in [0.2, 0.25) is 0 Å². The zero-order valence-corrected chi connectivity index (χ0v) is 24.9. The number of aromatic nitrogens is 5. The van der Waals surface area contributed by atoms with Crippen molar-refractivity contribution in [2.45, 2.75) is 52.1 Å². The van der Waals surface area contributed by atoms with E-state index in [0.29, 0.717) is 39.8 Å². The van der Waals surface area contributed by atoms with Crippen LogP contribution in [0.25, 0.3) is 21.7 Å². The van der Waals surface area contributed by atoms with E-state index in [1.807, 2.05) is 47.3 Å². The first-order chi connectivity index (χ1) is 20.1. The van der Waals surface area contributed by atoms with Crippen molar-refractivity contribution in [1.29, 1.82) is 5.26 Å². The van der Waals surface area contributed by atoms with Crippen molar-refractivity contribution in [2.75, 3.05) is 17.2 Å². The maximum atomic E-state index is 13.0. The number of halogens is 1. The van der Waals surface area contributed by atoms with E-state index in [2.05, 4.69) is 52.8 Å². The highest BCUT2D eigenvalue weighted by atomic mass is 35.5. The molecule has 1 saturated carbocycles. The molecular weight excluding hydrogens is 548 g/mol. The van der Waals surface area contributed by atoms with Crippen LogP contribution in [0, 0.1) is 16.7 Å². The summed E-state index contributed by atoms with van der Waals surface area (Å²) < 4.78 is 3.53. The molecule has 0 amide bonds. The van der Waals surface area contributed by atoms with Gasteiger partial charge in [0.05, 0.1) is 40.1 Å². The first-order valence-corrected chi connectivity index (χ1v) is 14.5. The Hall–Kier alpha value is -4.42. The summed E-state index contributed by atoms with van der Waals surface area (Å²) in [4.78, 5) is 17.5. The zero-order chi connectivity index (χ0) is 29.6. The number of fused-ring (bicyclic) bond motifs is 2. The van der Waals surface area contributed by atoms with E-state index in [9.17, 15) is 10.1 Å². The third kappa shape index (κ3) is 5.19. The number of nitriles is 1. The standard InChI is InChI=1S/C32H33ClN8O/c1-32(2,3)18-36-28-19(15-34)16-35-29-25(28)13-20(14-26(29)33)37-30(27-17-41(39-38-27)21-7-5-8-21)23-9-6-10-24-22(23)11-12-40(4)31(24)42/h6,9-14,16-17,21,30,37H,5,7-8,18H2,1-4H3,(H,35,36). The molecule has 2 N–H and O–H groups in total. The number of hydrogen-bond donors (Lipinski definition) is 2. The van der Waals surface area contributed by atoms with Crippen molar-refractivity contribution in [3.63, 3.8) is 0 Å². The second-order valence-corrected chi connectivity index (χ2v) is 12.7. The molecule has 10 heteroatoms. The average molecular weight is 581 g/mol. The average Bonchev–Trinajstić information content (AvgIpc) is 3.39. The Balaban J connectivity index is 1.50. The van der Waals surface area contributed by atoms with E-state index in [4.69, 9.17) is 11.6 Å². The third-order valence-electron chi connectivity index (χ3n) is 7.89. The molecule has 214 valence electrons. The second-order valence-electron chi connectivity index (χ2n) is 12.3. The molecule has 1 aliphatic rings. The highest BCUT2D eigenvalue weighted by Crippen LogP contribution is 2.38. The van der Waals surface area contributed by atoms with Crippen molar-refractivity contribution in [2.24, 2.45) is 12.5 Å². The van der Waals surface area contributed by atoms with Gasteiger partial charge in [0.1, 0.15) is 11.8 Å². The van der Waals surface area contributed by atoms with Crippen LogP contribution in [0.3, 0.4) is 0 Å². The van der Waals surface area contributed by atoms with E-state index in [0.717, 1.165) is 40.6 Å². The molecule has 2 aromatic carbocycles. The Morgan fingerprint density at radius 3 is 2.69 bits per heavy atom. The van der Waals surface area contributed by atoms with Gasteiger partial charge in [-0.2, -0.15) is 5.26 Å². The third-order valence-corrected chi connectivity index (χ3v) is 8.18. The lowest BCUT2D eigenvalue weighted by molar-refractivity contribution is 0.284. The van der Waals surface area contributed by atoms with Crippen LogP contribution < -0.4 is 16.2 Å². The van der Waals surface area contributed by atoms with Crippen molar-refractivity contribution in [3.05, 3.63) is 87.2 Å². The number of hydrogen-bond acceptors (Lipinski definition) is 7. The fourth-order valence-electron chi connectivity index (χ4n) is 5.35. The van der Waals surface area contributed by atoms with Crippen molar-refractivity contribution < 1.29 is 0 Å². The molecule has 3 heterocycles. The SMILES string of the molecule is Cn1ccc2c(C(Nc3cc(Cl)c4ncc(C#N)c(NCC(C)(C)C)c4c3)c3cn(C4CCC4)nn3)cccc2c1=O. The molecule has 1 aliphatic carbocycles. The fraction of sp³-hybridized carbons (Fsp3) is 0.344. The van der Waals surface area contributed by atoms with E-state index < -0.39 is 6.04 Å². The maximum absolute atomic E-state index is 13.0. The number of benzene rings is 2. The summed E-state index contributed by atoms with van der Waals surface area (Å²) in [5.74, 6) is 0. The number of rotatable bonds is 7. The first-order valence-electron chi connectivity index (χ1n) is 14.2. The molecule has 0 saturated heterocycles. The van der Waals surface area contributed by atoms with Gasteiger partial charge in [-0.1, -0.05) is 49.7 Å². The Morgan fingerprint density at radius 1 is 1.17 bits per heavy atom. The van der Waals surface area contributed by atoms with E-state index in [-0.39, 0.29) is 11.0 Å². The number of nitrogens with zero attached hydrogens (tertiary/aromatic N) is 6. The molecule has 5 aromatic rings. The lowest BCUT2D eigenvalue weighted by atomic mass is 9.93. The summed E-state index contributed by atoms with van der Waals surface area (Å²) in [5, 5.41) is 28.7. The van der Waals surface area contributed by atoms with Crippen molar-refractivity contribution >= 4 is 44.7 Å². The number of pyridine rings is 2. The van der Waals surface area contributed by atoms with Gasteiger partial charge < -0.3 is 15.2 Å². The quantitative estimate of drug-likeness (QED) is 0.223. The molecule has 0 radical (unpaired) electrons. The van der Waals surface area contributed by atoms with Crippen LogP contribution in [0.2, 0.25) is 5.02 Å². The van der Waals surface area contributed by atoms with Gasteiger partial charge in [0, 0.05) is 42.4 Å². The number of nitrogens with one attached hydrogen (secondary N) is 2. The minimum atomic E-state index is -0.429. The summed E-state index contributed by atoms with van der Waals surface area (Å²) in [5.41, 5.74) is 4.05. The number of aryl methyl sites for hydroxylation is 1. The van der Waals surface area contributed by atoms with Crippen LogP contribution in [-0.2, 0) is 7.05 Å². The van der Waals surface area contributed by atoms with Gasteiger partial charge in [-0.25, -0.2) is 4.68 Å². The van der Waals surface area contributed by atoms with Crippen LogP contribution >= 0.6 is 11.6 Å². The molecule has 1 atom stereocenters. The number of anilines is 2. The van der Waals surface area contributed by atoms with Crippen LogP contribution in [0.15, 0.2) is 59.8 Å². The molecule has 1 fully saturated rings. The van der Waals surface area contributed by atoms with Gasteiger partial charge in [0.15, 0.2) is 0 Å². The second kappa shape index (κ2) is 10.8. The Bertz CT molecular complexity index is 1910. The smallest absolute Gasteiger partial charge is 0.258 e. The summed E-state index contributed by atoms with van der Waals surface area (Å²) >= 11 is 6.81. The van der Waals surface area contributed by atoms with Gasteiger partial charge in [-0.15, -0.1) is 5.10 Å².